The Hall–Kier alpha value is -3.73. The smallest absolute Gasteiger partial charge is 0.266 e. The molecule has 3 amide bonds. The fraction of sp³-hybridized carbons (Fsp3) is 0.0870. The van der Waals surface area contributed by atoms with Gasteiger partial charge in [0, 0.05) is 12.1 Å². The number of imide groups is 1. The van der Waals surface area contributed by atoms with Crippen molar-refractivity contribution in [3.63, 3.8) is 0 Å². The van der Waals surface area contributed by atoms with Gasteiger partial charge in [0.05, 0.1) is 16.8 Å². The minimum Gasteiger partial charge on any atom is -0.348 e. The van der Waals surface area contributed by atoms with Crippen LogP contribution in [-0.4, -0.2) is 17.7 Å². The third-order valence-corrected chi connectivity index (χ3v) is 4.76. The number of fused-ring (bicyclic) bond motifs is 1. The summed E-state index contributed by atoms with van der Waals surface area (Å²) in [5.41, 5.74) is 3.88. The number of nitrogens with one attached hydrogen (secondary N) is 1. The molecule has 4 rings (SSSR count). The van der Waals surface area contributed by atoms with Crippen molar-refractivity contribution >= 4 is 23.4 Å². The zero-order valence-corrected chi connectivity index (χ0v) is 15.3. The third-order valence-electron chi connectivity index (χ3n) is 4.76. The summed E-state index contributed by atoms with van der Waals surface area (Å²) in [6.07, 6.45) is 0. The lowest BCUT2D eigenvalue weighted by Crippen LogP contribution is -2.29. The highest BCUT2D eigenvalue weighted by molar-refractivity contribution is 6.34. The van der Waals surface area contributed by atoms with Crippen molar-refractivity contribution in [3.05, 3.63) is 101 Å². The van der Waals surface area contributed by atoms with E-state index in [-0.39, 0.29) is 17.7 Å². The van der Waals surface area contributed by atoms with E-state index in [9.17, 15) is 14.4 Å². The van der Waals surface area contributed by atoms with Crippen molar-refractivity contribution in [2.75, 3.05) is 4.90 Å². The van der Waals surface area contributed by atoms with E-state index in [1.165, 1.54) is 5.56 Å². The first-order valence-electron chi connectivity index (χ1n) is 8.96. The molecule has 0 saturated carbocycles. The topological polar surface area (TPSA) is 66.5 Å². The molecule has 0 fully saturated rings. The number of benzene rings is 3. The van der Waals surface area contributed by atoms with Crippen LogP contribution in [0.4, 0.5) is 5.69 Å². The normalized spacial score (nSPS) is 12.8. The summed E-state index contributed by atoms with van der Waals surface area (Å²) in [5.74, 6) is -0.913. The lowest BCUT2D eigenvalue weighted by atomic mass is 10.1. The number of aryl methyl sites for hydroxylation is 1. The van der Waals surface area contributed by atoms with Gasteiger partial charge >= 0.3 is 0 Å². The first-order chi connectivity index (χ1) is 13.5. The van der Waals surface area contributed by atoms with Gasteiger partial charge in [-0.1, -0.05) is 42.0 Å². The van der Waals surface area contributed by atoms with E-state index in [0.717, 1.165) is 10.5 Å². The van der Waals surface area contributed by atoms with Crippen LogP contribution in [0.1, 0.15) is 42.2 Å². The van der Waals surface area contributed by atoms with E-state index in [1.54, 1.807) is 48.5 Å². The summed E-state index contributed by atoms with van der Waals surface area (Å²) in [5, 5.41) is 2.87. The van der Waals surface area contributed by atoms with Crippen LogP contribution in [0, 0.1) is 6.92 Å². The number of carbonyl (C=O) groups excluding carboxylic acids is 3. The van der Waals surface area contributed by atoms with Gasteiger partial charge in [-0.15, -0.1) is 0 Å². The molecule has 3 aromatic carbocycles. The Morgan fingerprint density at radius 3 is 1.96 bits per heavy atom. The van der Waals surface area contributed by atoms with Crippen LogP contribution in [0.2, 0.25) is 0 Å². The molecule has 0 aromatic heterocycles. The minimum absolute atomic E-state index is 0.213. The van der Waals surface area contributed by atoms with Crippen molar-refractivity contribution < 1.29 is 14.4 Å². The highest BCUT2D eigenvalue weighted by atomic mass is 16.2. The molecule has 5 nitrogen and oxygen atoms in total. The first-order valence-corrected chi connectivity index (χ1v) is 8.96. The Morgan fingerprint density at radius 2 is 1.39 bits per heavy atom. The molecule has 0 aliphatic carbocycles. The Morgan fingerprint density at radius 1 is 0.821 bits per heavy atom. The molecule has 3 aromatic rings. The maximum Gasteiger partial charge on any atom is 0.266 e. The van der Waals surface area contributed by atoms with Crippen molar-refractivity contribution in [2.24, 2.45) is 0 Å². The van der Waals surface area contributed by atoms with Crippen LogP contribution < -0.4 is 10.2 Å². The standard InChI is InChI=1S/C23H18N2O3/c1-15-6-8-16(9-7-15)14-24-21(26)17-10-12-18(13-11-17)25-22(27)19-4-2-3-5-20(19)23(25)28/h2-13H,14H2,1H3,(H,24,26). The van der Waals surface area contributed by atoms with Gasteiger partial charge in [0.2, 0.25) is 0 Å². The number of carbonyl (C=O) groups is 3. The van der Waals surface area contributed by atoms with Gasteiger partial charge in [-0.3, -0.25) is 14.4 Å². The summed E-state index contributed by atoms with van der Waals surface area (Å²) >= 11 is 0. The van der Waals surface area contributed by atoms with E-state index in [4.69, 9.17) is 0 Å². The Balaban J connectivity index is 1.47. The monoisotopic (exact) mass is 370 g/mol. The van der Waals surface area contributed by atoms with Crippen molar-refractivity contribution in [2.45, 2.75) is 13.5 Å². The second kappa shape index (κ2) is 7.12. The molecule has 0 unspecified atom stereocenters. The molecule has 1 aliphatic rings. The van der Waals surface area contributed by atoms with Gasteiger partial charge in [-0.25, -0.2) is 4.90 Å². The fourth-order valence-corrected chi connectivity index (χ4v) is 3.18. The third kappa shape index (κ3) is 3.18. The highest BCUT2D eigenvalue weighted by Crippen LogP contribution is 2.28. The zero-order chi connectivity index (χ0) is 19.7. The molecule has 0 bridgehead atoms. The molecule has 5 heteroatoms. The summed E-state index contributed by atoms with van der Waals surface area (Å²) < 4.78 is 0. The van der Waals surface area contributed by atoms with E-state index < -0.39 is 0 Å². The summed E-state index contributed by atoms with van der Waals surface area (Å²) in [4.78, 5) is 38.6. The number of anilines is 1. The van der Waals surface area contributed by atoms with Crippen molar-refractivity contribution in [3.8, 4) is 0 Å². The molecule has 0 saturated heterocycles. The lowest BCUT2D eigenvalue weighted by Gasteiger charge is -2.14. The molecule has 1 aliphatic heterocycles. The molecule has 1 heterocycles. The van der Waals surface area contributed by atoms with Crippen molar-refractivity contribution in [1.29, 1.82) is 0 Å². The summed E-state index contributed by atoms with van der Waals surface area (Å²) in [6.45, 7) is 2.44. The Bertz CT molecular complexity index is 1030. The van der Waals surface area contributed by atoms with Gasteiger partial charge in [-0.2, -0.15) is 0 Å². The first kappa shape index (κ1) is 17.7. The van der Waals surface area contributed by atoms with Gasteiger partial charge in [0.1, 0.15) is 0 Å². The Kier molecular flexibility index (Phi) is 4.49. The van der Waals surface area contributed by atoms with Crippen LogP contribution in [0.3, 0.4) is 0 Å². The number of nitrogens with zero attached hydrogens (tertiary/aromatic N) is 1. The molecule has 0 atom stereocenters. The molecule has 138 valence electrons. The number of amides is 3. The van der Waals surface area contributed by atoms with Crippen molar-refractivity contribution in [1.82, 2.24) is 5.32 Å². The second-order valence-electron chi connectivity index (χ2n) is 6.71. The zero-order valence-electron chi connectivity index (χ0n) is 15.3. The number of hydrogen-bond donors (Lipinski definition) is 1. The molecule has 0 spiro atoms. The van der Waals surface area contributed by atoms with Crippen LogP contribution in [-0.2, 0) is 6.54 Å². The second-order valence-corrected chi connectivity index (χ2v) is 6.71. The predicted molar refractivity (Wildman–Crippen MR) is 106 cm³/mol. The average molecular weight is 370 g/mol. The number of rotatable bonds is 4. The maximum absolute atomic E-state index is 12.5. The highest BCUT2D eigenvalue weighted by Gasteiger charge is 2.36. The average Bonchev–Trinajstić information content (AvgIpc) is 2.98. The number of hydrogen-bond acceptors (Lipinski definition) is 3. The van der Waals surface area contributed by atoms with Crippen LogP contribution >= 0.6 is 0 Å². The van der Waals surface area contributed by atoms with Gasteiger partial charge in [0.15, 0.2) is 0 Å². The predicted octanol–water partition coefficient (Wildman–Crippen LogP) is 3.73. The lowest BCUT2D eigenvalue weighted by molar-refractivity contribution is 0.0923. The molecule has 1 N–H and O–H groups in total. The quantitative estimate of drug-likeness (QED) is 0.712. The van der Waals surface area contributed by atoms with E-state index in [0.29, 0.717) is 28.9 Å². The van der Waals surface area contributed by atoms with Crippen LogP contribution in [0.5, 0.6) is 0 Å². The van der Waals surface area contributed by atoms with Crippen LogP contribution in [0.25, 0.3) is 0 Å². The fourth-order valence-electron chi connectivity index (χ4n) is 3.18. The van der Waals surface area contributed by atoms with E-state index >= 15 is 0 Å². The summed E-state index contributed by atoms with van der Waals surface area (Å²) in [7, 11) is 0. The summed E-state index contributed by atoms with van der Waals surface area (Å²) in [6, 6.07) is 21.1. The molecular weight excluding hydrogens is 352 g/mol. The van der Waals surface area contributed by atoms with Gasteiger partial charge < -0.3 is 5.32 Å². The minimum atomic E-state index is -0.350. The van der Waals surface area contributed by atoms with E-state index in [2.05, 4.69) is 5.32 Å². The van der Waals surface area contributed by atoms with Crippen LogP contribution in [0.15, 0.2) is 72.8 Å². The van der Waals surface area contributed by atoms with Gasteiger partial charge in [-0.05, 0) is 48.9 Å². The maximum atomic E-state index is 12.5. The van der Waals surface area contributed by atoms with E-state index in [1.807, 2.05) is 31.2 Å². The molecule has 0 radical (unpaired) electrons. The molecular formula is C23H18N2O3. The SMILES string of the molecule is Cc1ccc(CNC(=O)c2ccc(N3C(=O)c4ccccc4C3=O)cc2)cc1. The molecule has 28 heavy (non-hydrogen) atoms. The Labute approximate surface area is 162 Å². The van der Waals surface area contributed by atoms with Gasteiger partial charge in [0.25, 0.3) is 17.7 Å². The largest absolute Gasteiger partial charge is 0.348 e.